The van der Waals surface area contributed by atoms with Crippen LogP contribution in [-0.4, -0.2) is 27.4 Å². The normalized spacial score (nSPS) is 15.4. The molecule has 2 aromatic rings. The first-order valence-electron chi connectivity index (χ1n) is 7.65. The largest absolute Gasteiger partial charge is 0.357 e. The molecule has 0 saturated heterocycles. The van der Waals surface area contributed by atoms with Gasteiger partial charge in [-0.25, -0.2) is 4.98 Å². The molecular formula is C16H20N4O2. The molecular weight excluding hydrogens is 280 g/mol. The molecule has 1 N–H and O–H groups in total. The number of ketones is 1. The Morgan fingerprint density at radius 2 is 2.05 bits per heavy atom. The van der Waals surface area contributed by atoms with Crippen LogP contribution in [0.4, 0.5) is 5.95 Å². The van der Waals surface area contributed by atoms with Crippen molar-refractivity contribution < 1.29 is 4.79 Å². The molecule has 0 spiro atoms. The molecule has 0 atom stereocenters. The fourth-order valence-corrected chi connectivity index (χ4v) is 3.37. The van der Waals surface area contributed by atoms with Gasteiger partial charge in [0.2, 0.25) is 5.95 Å². The number of pyridine rings is 1. The molecule has 116 valence electrons. The van der Waals surface area contributed by atoms with Gasteiger partial charge in [-0.2, -0.15) is 4.98 Å². The van der Waals surface area contributed by atoms with E-state index in [2.05, 4.69) is 15.3 Å². The van der Waals surface area contributed by atoms with Gasteiger partial charge >= 0.3 is 0 Å². The molecule has 3 rings (SSSR count). The van der Waals surface area contributed by atoms with Gasteiger partial charge in [-0.05, 0) is 32.3 Å². The lowest BCUT2D eigenvalue weighted by Crippen LogP contribution is -2.30. The van der Waals surface area contributed by atoms with Crippen molar-refractivity contribution in [1.82, 2.24) is 14.5 Å². The Morgan fingerprint density at radius 1 is 1.36 bits per heavy atom. The van der Waals surface area contributed by atoms with Crippen LogP contribution in [0.15, 0.2) is 11.0 Å². The number of fused-ring (bicyclic) bond motifs is 1. The minimum Gasteiger partial charge on any atom is -0.357 e. The smallest absolute Gasteiger partial charge is 0.263 e. The molecule has 0 unspecified atom stereocenters. The van der Waals surface area contributed by atoms with Crippen LogP contribution in [0.25, 0.3) is 11.0 Å². The summed E-state index contributed by atoms with van der Waals surface area (Å²) in [5, 5.41) is 3.68. The van der Waals surface area contributed by atoms with Gasteiger partial charge in [0.1, 0.15) is 5.65 Å². The number of carbonyl (C=O) groups is 1. The van der Waals surface area contributed by atoms with E-state index in [-0.39, 0.29) is 22.9 Å². The molecule has 6 heteroatoms. The molecule has 0 bridgehead atoms. The highest BCUT2D eigenvalue weighted by Gasteiger charge is 2.25. The van der Waals surface area contributed by atoms with E-state index in [0.717, 1.165) is 31.1 Å². The van der Waals surface area contributed by atoms with E-state index in [9.17, 15) is 9.59 Å². The molecule has 1 aliphatic rings. The lowest BCUT2D eigenvalue weighted by molar-refractivity contribution is 0.101. The number of aromatic nitrogens is 3. The van der Waals surface area contributed by atoms with Crippen molar-refractivity contribution in [2.75, 3.05) is 12.4 Å². The maximum absolute atomic E-state index is 12.9. The van der Waals surface area contributed by atoms with Gasteiger partial charge in [-0.1, -0.05) is 12.8 Å². The second kappa shape index (κ2) is 5.51. The van der Waals surface area contributed by atoms with Crippen LogP contribution in [0.1, 0.15) is 54.6 Å². The molecule has 6 nitrogen and oxygen atoms in total. The first-order chi connectivity index (χ1) is 10.5. The summed E-state index contributed by atoms with van der Waals surface area (Å²) < 4.78 is 1.72. The number of nitrogens with zero attached hydrogens (tertiary/aromatic N) is 3. The Hall–Kier alpha value is -2.24. The standard InChI is InChI=1S/C16H20N4O2/c1-9-12-8-18-16(17-3)19-14(12)20(11-6-4-5-7-11)15(22)13(9)10(2)21/h8,11H,4-7H2,1-3H3,(H,17,18,19). The van der Waals surface area contributed by atoms with Gasteiger partial charge in [-0.15, -0.1) is 0 Å². The third kappa shape index (κ3) is 2.19. The number of aryl methyl sites for hydroxylation is 1. The van der Waals surface area contributed by atoms with Gasteiger partial charge in [0.15, 0.2) is 5.78 Å². The Bertz CT molecular complexity index is 804. The number of rotatable bonds is 3. The van der Waals surface area contributed by atoms with Crippen LogP contribution >= 0.6 is 0 Å². The summed E-state index contributed by atoms with van der Waals surface area (Å²) in [5.74, 6) is 0.280. The van der Waals surface area contributed by atoms with Crippen molar-refractivity contribution in [3.8, 4) is 0 Å². The quantitative estimate of drug-likeness (QED) is 0.881. The lowest BCUT2D eigenvalue weighted by Gasteiger charge is -2.19. The van der Waals surface area contributed by atoms with Crippen LogP contribution in [0, 0.1) is 6.92 Å². The van der Waals surface area contributed by atoms with Crippen molar-refractivity contribution in [2.45, 2.75) is 45.6 Å². The first-order valence-corrected chi connectivity index (χ1v) is 7.65. The molecule has 22 heavy (non-hydrogen) atoms. The summed E-state index contributed by atoms with van der Waals surface area (Å²) in [6.45, 7) is 3.24. The zero-order valence-corrected chi connectivity index (χ0v) is 13.1. The molecule has 0 radical (unpaired) electrons. The highest BCUT2D eigenvalue weighted by molar-refractivity contribution is 5.99. The van der Waals surface area contributed by atoms with Crippen LogP contribution in [0.2, 0.25) is 0 Å². The molecule has 1 saturated carbocycles. The van der Waals surface area contributed by atoms with E-state index in [4.69, 9.17) is 0 Å². The molecule has 2 heterocycles. The SMILES string of the molecule is CNc1ncc2c(C)c(C(C)=O)c(=O)n(C3CCCC3)c2n1. The molecule has 0 aliphatic heterocycles. The first kappa shape index (κ1) is 14.7. The van der Waals surface area contributed by atoms with Crippen LogP contribution in [0.3, 0.4) is 0 Å². The topological polar surface area (TPSA) is 76.9 Å². The van der Waals surface area contributed by atoms with E-state index in [1.165, 1.54) is 6.92 Å². The Labute approximate surface area is 128 Å². The fraction of sp³-hybridized carbons (Fsp3) is 0.500. The van der Waals surface area contributed by atoms with Crippen molar-refractivity contribution in [1.29, 1.82) is 0 Å². The number of carbonyl (C=O) groups excluding carboxylic acids is 1. The van der Waals surface area contributed by atoms with E-state index in [0.29, 0.717) is 17.2 Å². The number of hydrogen-bond donors (Lipinski definition) is 1. The predicted octanol–water partition coefficient (Wildman–Crippen LogP) is 2.46. The second-order valence-electron chi connectivity index (χ2n) is 5.85. The van der Waals surface area contributed by atoms with E-state index < -0.39 is 0 Å². The van der Waals surface area contributed by atoms with Crippen LogP contribution in [-0.2, 0) is 0 Å². The van der Waals surface area contributed by atoms with Gasteiger partial charge in [0.05, 0.1) is 5.56 Å². The number of anilines is 1. The van der Waals surface area contributed by atoms with E-state index >= 15 is 0 Å². The molecule has 2 aromatic heterocycles. The zero-order valence-electron chi connectivity index (χ0n) is 13.1. The number of nitrogens with one attached hydrogen (secondary N) is 1. The summed E-state index contributed by atoms with van der Waals surface area (Å²) in [7, 11) is 1.75. The van der Waals surface area contributed by atoms with Gasteiger partial charge in [0, 0.05) is 24.7 Å². The second-order valence-corrected chi connectivity index (χ2v) is 5.85. The van der Waals surface area contributed by atoms with Crippen molar-refractivity contribution >= 4 is 22.8 Å². The van der Waals surface area contributed by atoms with Crippen molar-refractivity contribution in [3.05, 3.63) is 27.7 Å². The predicted molar refractivity (Wildman–Crippen MR) is 85.6 cm³/mol. The Morgan fingerprint density at radius 3 is 2.64 bits per heavy atom. The fourth-order valence-electron chi connectivity index (χ4n) is 3.37. The van der Waals surface area contributed by atoms with Crippen LogP contribution < -0.4 is 10.9 Å². The minimum absolute atomic E-state index is 0.119. The third-order valence-electron chi connectivity index (χ3n) is 4.47. The summed E-state index contributed by atoms with van der Waals surface area (Å²) >= 11 is 0. The molecule has 1 aliphatic carbocycles. The molecule has 0 amide bonds. The summed E-state index contributed by atoms with van der Waals surface area (Å²) in [5.41, 5.74) is 1.34. The summed E-state index contributed by atoms with van der Waals surface area (Å²) in [4.78, 5) is 33.6. The number of hydrogen-bond acceptors (Lipinski definition) is 5. The number of Topliss-reactive ketones (excluding diaryl/α,β-unsaturated/α-hetero) is 1. The van der Waals surface area contributed by atoms with Crippen molar-refractivity contribution in [2.24, 2.45) is 0 Å². The summed E-state index contributed by atoms with van der Waals surface area (Å²) in [6.07, 6.45) is 5.81. The van der Waals surface area contributed by atoms with Crippen molar-refractivity contribution in [3.63, 3.8) is 0 Å². The maximum atomic E-state index is 12.9. The van der Waals surface area contributed by atoms with E-state index in [1.54, 1.807) is 24.7 Å². The minimum atomic E-state index is -0.217. The average Bonchev–Trinajstić information content (AvgIpc) is 3.00. The Balaban J connectivity index is 2.42. The maximum Gasteiger partial charge on any atom is 0.263 e. The van der Waals surface area contributed by atoms with Gasteiger partial charge < -0.3 is 5.32 Å². The monoisotopic (exact) mass is 300 g/mol. The van der Waals surface area contributed by atoms with Gasteiger partial charge in [-0.3, -0.25) is 14.2 Å². The average molecular weight is 300 g/mol. The lowest BCUT2D eigenvalue weighted by atomic mass is 10.0. The molecule has 0 aromatic carbocycles. The molecule has 1 fully saturated rings. The Kier molecular flexibility index (Phi) is 3.68. The van der Waals surface area contributed by atoms with Gasteiger partial charge in [0.25, 0.3) is 5.56 Å². The zero-order chi connectivity index (χ0) is 15.9. The van der Waals surface area contributed by atoms with E-state index in [1.807, 2.05) is 0 Å². The highest BCUT2D eigenvalue weighted by atomic mass is 16.1. The summed E-state index contributed by atoms with van der Waals surface area (Å²) in [6, 6.07) is 0.119. The van der Waals surface area contributed by atoms with Crippen LogP contribution in [0.5, 0.6) is 0 Å². The third-order valence-corrected chi connectivity index (χ3v) is 4.47. The highest BCUT2D eigenvalue weighted by Crippen LogP contribution is 2.31.